The highest BCUT2D eigenvalue weighted by atomic mass is 16.6. The van der Waals surface area contributed by atoms with E-state index in [0.29, 0.717) is 37.9 Å². The highest BCUT2D eigenvalue weighted by Crippen LogP contribution is 2.44. The van der Waals surface area contributed by atoms with Crippen molar-refractivity contribution in [2.75, 3.05) is 25.1 Å². The number of unbranched alkanes of at least 4 members (excludes halogenated alkanes) is 1. The number of fused-ring (bicyclic) bond motifs is 3. The maximum Gasteiger partial charge on any atom is 0.407 e. The molecule has 3 aromatic rings. The van der Waals surface area contributed by atoms with Crippen LogP contribution in [0.15, 0.2) is 72.8 Å². The second-order valence-corrected chi connectivity index (χ2v) is 11.6. The SMILES string of the molecule is CC(C)(C)OC(=O)NCCCC[C@H](NC(=O)OCC1c2ccccc2-c2ccccc21)C(=O)Nc1ccc(CCO)cc1. The fourth-order valence-corrected chi connectivity index (χ4v) is 5.14. The van der Waals surface area contributed by atoms with Crippen LogP contribution in [-0.2, 0) is 20.7 Å². The van der Waals surface area contributed by atoms with E-state index in [1.165, 1.54) is 0 Å². The summed E-state index contributed by atoms with van der Waals surface area (Å²) in [5.74, 6) is -0.467. The van der Waals surface area contributed by atoms with E-state index in [9.17, 15) is 14.4 Å². The fraction of sp³-hybridized carbons (Fsp3) is 0.382. The monoisotopic (exact) mass is 587 g/mol. The van der Waals surface area contributed by atoms with Gasteiger partial charge in [-0.25, -0.2) is 9.59 Å². The zero-order chi connectivity index (χ0) is 30.8. The van der Waals surface area contributed by atoms with Crippen molar-refractivity contribution in [2.45, 2.75) is 64.0 Å². The number of hydrogen-bond donors (Lipinski definition) is 4. The Bertz CT molecular complexity index is 1350. The molecule has 3 amide bonds. The van der Waals surface area contributed by atoms with Gasteiger partial charge in [-0.3, -0.25) is 4.79 Å². The van der Waals surface area contributed by atoms with Crippen LogP contribution in [0.25, 0.3) is 11.1 Å². The van der Waals surface area contributed by atoms with Gasteiger partial charge >= 0.3 is 12.2 Å². The molecule has 0 fully saturated rings. The van der Waals surface area contributed by atoms with E-state index in [-0.39, 0.29) is 25.0 Å². The van der Waals surface area contributed by atoms with Crippen molar-refractivity contribution in [3.05, 3.63) is 89.5 Å². The van der Waals surface area contributed by atoms with Gasteiger partial charge < -0.3 is 30.5 Å². The molecular weight excluding hydrogens is 546 g/mol. The van der Waals surface area contributed by atoms with Crippen molar-refractivity contribution >= 4 is 23.8 Å². The normalized spacial score (nSPS) is 12.9. The van der Waals surface area contributed by atoms with E-state index in [4.69, 9.17) is 14.6 Å². The summed E-state index contributed by atoms with van der Waals surface area (Å²) >= 11 is 0. The topological polar surface area (TPSA) is 126 Å². The molecular formula is C34H41N3O6. The molecule has 1 atom stereocenters. The Morgan fingerprint density at radius 1 is 0.860 bits per heavy atom. The molecule has 0 saturated heterocycles. The van der Waals surface area contributed by atoms with E-state index in [1.54, 1.807) is 32.9 Å². The number of ether oxygens (including phenoxy) is 2. The van der Waals surface area contributed by atoms with Crippen LogP contribution >= 0.6 is 0 Å². The molecule has 9 nitrogen and oxygen atoms in total. The van der Waals surface area contributed by atoms with Gasteiger partial charge in [-0.15, -0.1) is 0 Å². The van der Waals surface area contributed by atoms with Crippen LogP contribution in [0.3, 0.4) is 0 Å². The predicted octanol–water partition coefficient (Wildman–Crippen LogP) is 5.76. The Labute approximate surface area is 253 Å². The second-order valence-electron chi connectivity index (χ2n) is 11.6. The van der Waals surface area contributed by atoms with Crippen molar-refractivity contribution in [2.24, 2.45) is 0 Å². The maximum atomic E-state index is 13.3. The van der Waals surface area contributed by atoms with Crippen molar-refractivity contribution < 1.29 is 29.0 Å². The number of amides is 3. The van der Waals surface area contributed by atoms with E-state index in [0.717, 1.165) is 27.8 Å². The van der Waals surface area contributed by atoms with Crippen LogP contribution in [0.4, 0.5) is 15.3 Å². The molecule has 1 aliphatic carbocycles. The number of alkyl carbamates (subject to hydrolysis) is 2. The van der Waals surface area contributed by atoms with E-state index < -0.39 is 23.8 Å². The number of carbonyl (C=O) groups excluding carboxylic acids is 3. The standard InChI is InChI=1S/C34H41N3O6/c1-34(2,3)43-32(40)35-20-9-8-14-30(31(39)36-24-17-15-23(16-18-24)19-21-38)37-33(41)42-22-29-27-12-6-4-10-25(27)26-11-5-7-13-28(26)29/h4-7,10-13,15-18,29-30,38H,8-9,14,19-22H2,1-3H3,(H,35,40)(H,36,39)(H,37,41)/t30-/m0/s1. The molecule has 0 saturated carbocycles. The molecule has 0 spiro atoms. The Morgan fingerprint density at radius 2 is 1.49 bits per heavy atom. The second kappa shape index (κ2) is 14.7. The molecule has 43 heavy (non-hydrogen) atoms. The summed E-state index contributed by atoms with van der Waals surface area (Å²) in [5.41, 5.74) is 5.42. The predicted molar refractivity (Wildman–Crippen MR) is 166 cm³/mol. The highest BCUT2D eigenvalue weighted by molar-refractivity contribution is 5.96. The molecule has 3 aromatic carbocycles. The summed E-state index contributed by atoms with van der Waals surface area (Å²) in [6.45, 7) is 5.95. The van der Waals surface area contributed by atoms with Crippen molar-refractivity contribution in [3.63, 3.8) is 0 Å². The third-order valence-corrected chi connectivity index (χ3v) is 7.16. The van der Waals surface area contributed by atoms with Crippen LogP contribution in [0.5, 0.6) is 0 Å². The third kappa shape index (κ3) is 9.06. The molecule has 0 unspecified atom stereocenters. The van der Waals surface area contributed by atoms with Crippen LogP contribution in [-0.4, -0.2) is 54.6 Å². The molecule has 0 radical (unpaired) electrons. The smallest absolute Gasteiger partial charge is 0.407 e. The van der Waals surface area contributed by atoms with Crippen molar-refractivity contribution in [3.8, 4) is 11.1 Å². The van der Waals surface area contributed by atoms with E-state index in [1.807, 2.05) is 36.4 Å². The van der Waals surface area contributed by atoms with Crippen LogP contribution in [0, 0.1) is 0 Å². The van der Waals surface area contributed by atoms with Crippen molar-refractivity contribution in [1.29, 1.82) is 0 Å². The third-order valence-electron chi connectivity index (χ3n) is 7.16. The summed E-state index contributed by atoms with van der Waals surface area (Å²) in [5, 5.41) is 17.5. The van der Waals surface area contributed by atoms with Gasteiger partial charge in [0.25, 0.3) is 0 Å². The molecule has 4 N–H and O–H groups in total. The molecule has 9 heteroatoms. The number of hydrogen-bond acceptors (Lipinski definition) is 6. The van der Waals surface area contributed by atoms with Crippen LogP contribution in [0.1, 0.15) is 62.6 Å². The number of anilines is 1. The van der Waals surface area contributed by atoms with Gasteiger partial charge in [0.1, 0.15) is 18.2 Å². The van der Waals surface area contributed by atoms with Crippen molar-refractivity contribution in [1.82, 2.24) is 10.6 Å². The van der Waals surface area contributed by atoms with Gasteiger partial charge in [0, 0.05) is 24.8 Å². The Balaban J connectivity index is 1.36. The highest BCUT2D eigenvalue weighted by Gasteiger charge is 2.30. The summed E-state index contributed by atoms with van der Waals surface area (Å²) in [4.78, 5) is 38.2. The van der Waals surface area contributed by atoms with Crippen LogP contribution in [0.2, 0.25) is 0 Å². The Morgan fingerprint density at radius 3 is 2.09 bits per heavy atom. The largest absolute Gasteiger partial charge is 0.449 e. The summed E-state index contributed by atoms with van der Waals surface area (Å²) in [6, 6.07) is 22.5. The first-order valence-corrected chi connectivity index (χ1v) is 14.7. The molecule has 0 aliphatic heterocycles. The van der Waals surface area contributed by atoms with Gasteiger partial charge in [0.05, 0.1) is 0 Å². The average molecular weight is 588 g/mol. The molecule has 228 valence electrons. The van der Waals surface area contributed by atoms with Gasteiger partial charge in [-0.1, -0.05) is 60.7 Å². The van der Waals surface area contributed by atoms with Gasteiger partial charge in [0.15, 0.2) is 0 Å². The zero-order valence-corrected chi connectivity index (χ0v) is 25.0. The first kappa shape index (κ1) is 31.6. The minimum atomic E-state index is -0.853. The lowest BCUT2D eigenvalue weighted by Gasteiger charge is -2.21. The Hall–Kier alpha value is -4.37. The molecule has 4 rings (SSSR count). The fourth-order valence-electron chi connectivity index (χ4n) is 5.14. The minimum Gasteiger partial charge on any atom is -0.449 e. The quantitative estimate of drug-likeness (QED) is 0.200. The lowest BCUT2D eigenvalue weighted by atomic mass is 9.98. The van der Waals surface area contributed by atoms with Gasteiger partial charge in [0.2, 0.25) is 5.91 Å². The summed E-state index contributed by atoms with van der Waals surface area (Å²) < 4.78 is 10.9. The number of rotatable bonds is 12. The molecule has 0 bridgehead atoms. The van der Waals surface area contributed by atoms with Gasteiger partial charge in [-0.05, 0) is 86.4 Å². The number of nitrogens with one attached hydrogen (secondary N) is 3. The summed E-state index contributed by atoms with van der Waals surface area (Å²) in [6.07, 6.45) is 0.847. The number of aliphatic hydroxyl groups is 1. The number of carbonyl (C=O) groups is 3. The van der Waals surface area contributed by atoms with Gasteiger partial charge in [-0.2, -0.15) is 0 Å². The first-order valence-electron chi connectivity index (χ1n) is 14.7. The van der Waals surface area contributed by atoms with E-state index >= 15 is 0 Å². The number of benzene rings is 3. The maximum absolute atomic E-state index is 13.3. The molecule has 1 aliphatic rings. The lowest BCUT2D eigenvalue weighted by molar-refractivity contribution is -0.118. The molecule has 0 aromatic heterocycles. The number of aliphatic hydroxyl groups excluding tert-OH is 1. The zero-order valence-electron chi connectivity index (χ0n) is 25.0. The lowest BCUT2D eigenvalue weighted by Crippen LogP contribution is -2.44. The average Bonchev–Trinajstić information content (AvgIpc) is 3.29. The minimum absolute atomic E-state index is 0.0423. The van der Waals surface area contributed by atoms with Crippen LogP contribution < -0.4 is 16.0 Å². The van der Waals surface area contributed by atoms with E-state index in [2.05, 4.69) is 40.2 Å². The summed E-state index contributed by atoms with van der Waals surface area (Å²) in [7, 11) is 0. The first-order chi connectivity index (χ1) is 20.6. The molecule has 0 heterocycles. The Kier molecular flexibility index (Phi) is 10.8.